The predicted molar refractivity (Wildman–Crippen MR) is 80.6 cm³/mol. The Morgan fingerprint density at radius 3 is 1.96 bits per heavy atom. The Morgan fingerprint density at radius 2 is 1.52 bits per heavy atom. The molecule has 0 heterocycles. The number of alkyl halides is 3. The Hall–Kier alpha value is -2.34. The van der Waals surface area contributed by atoms with Crippen LogP contribution < -0.4 is 5.73 Å². The first-order valence-electron chi connectivity index (χ1n) is 6.91. The summed E-state index contributed by atoms with van der Waals surface area (Å²) in [7, 11) is 1.27. The summed E-state index contributed by atoms with van der Waals surface area (Å²) in [4.78, 5) is 11.3. The number of benzene rings is 2. The van der Waals surface area contributed by atoms with E-state index in [1.807, 2.05) is 0 Å². The summed E-state index contributed by atoms with van der Waals surface area (Å²) < 4.78 is 42.2. The molecule has 0 saturated heterocycles. The highest BCUT2D eigenvalue weighted by Crippen LogP contribution is 2.31. The Morgan fingerprint density at radius 1 is 1.04 bits per heavy atom. The minimum Gasteiger partial charge on any atom is -0.468 e. The van der Waals surface area contributed by atoms with Crippen LogP contribution >= 0.6 is 0 Å². The number of hydrogen-bond acceptors (Lipinski definition) is 3. The van der Waals surface area contributed by atoms with Crippen molar-refractivity contribution in [3.05, 3.63) is 59.7 Å². The van der Waals surface area contributed by atoms with E-state index in [2.05, 4.69) is 4.74 Å². The summed E-state index contributed by atoms with van der Waals surface area (Å²) in [6, 6.07) is 11.4. The van der Waals surface area contributed by atoms with E-state index in [1.54, 1.807) is 24.3 Å². The molecular weight excluding hydrogens is 307 g/mol. The first-order valence-corrected chi connectivity index (χ1v) is 6.91. The summed E-state index contributed by atoms with van der Waals surface area (Å²) in [6.45, 7) is 0. The molecule has 1 atom stereocenters. The maximum atomic E-state index is 12.5. The first-order chi connectivity index (χ1) is 10.8. The molecule has 2 rings (SSSR count). The lowest BCUT2D eigenvalue weighted by Gasteiger charge is -2.10. The van der Waals surface area contributed by atoms with E-state index >= 15 is 0 Å². The first kappa shape index (κ1) is 17.0. The lowest BCUT2D eigenvalue weighted by atomic mass is 10.00. The van der Waals surface area contributed by atoms with Crippen molar-refractivity contribution < 1.29 is 22.7 Å². The minimum absolute atomic E-state index is 0.333. The average molecular weight is 323 g/mol. The van der Waals surface area contributed by atoms with Gasteiger partial charge in [0.2, 0.25) is 0 Å². The van der Waals surface area contributed by atoms with Crippen LogP contribution in [0.1, 0.15) is 11.1 Å². The Bertz CT molecular complexity index is 664. The van der Waals surface area contributed by atoms with Crippen molar-refractivity contribution in [3.63, 3.8) is 0 Å². The van der Waals surface area contributed by atoms with Gasteiger partial charge in [0.25, 0.3) is 0 Å². The molecule has 3 nitrogen and oxygen atoms in total. The number of halogens is 3. The normalized spacial score (nSPS) is 12.7. The average Bonchev–Trinajstić information content (AvgIpc) is 2.54. The van der Waals surface area contributed by atoms with Gasteiger partial charge in [-0.1, -0.05) is 36.4 Å². The van der Waals surface area contributed by atoms with Gasteiger partial charge in [0.1, 0.15) is 6.04 Å². The highest BCUT2D eigenvalue weighted by molar-refractivity contribution is 5.75. The molecule has 0 radical (unpaired) electrons. The third-order valence-corrected chi connectivity index (χ3v) is 3.46. The van der Waals surface area contributed by atoms with Gasteiger partial charge in [-0.3, -0.25) is 4.79 Å². The molecule has 1 unspecified atom stereocenters. The molecule has 122 valence electrons. The second-order valence-electron chi connectivity index (χ2n) is 5.11. The molecular formula is C17H16F3NO2. The molecule has 2 N–H and O–H groups in total. The van der Waals surface area contributed by atoms with E-state index in [9.17, 15) is 18.0 Å². The van der Waals surface area contributed by atoms with Crippen molar-refractivity contribution in [2.45, 2.75) is 18.6 Å². The fourth-order valence-corrected chi connectivity index (χ4v) is 2.17. The molecule has 0 spiro atoms. The second-order valence-corrected chi connectivity index (χ2v) is 5.11. The fraction of sp³-hybridized carbons (Fsp3) is 0.235. The monoisotopic (exact) mass is 323 g/mol. The lowest BCUT2D eigenvalue weighted by molar-refractivity contribution is -0.142. The maximum absolute atomic E-state index is 12.5. The summed E-state index contributed by atoms with van der Waals surface area (Å²) in [5, 5.41) is 0. The van der Waals surface area contributed by atoms with Crippen LogP contribution in [0.3, 0.4) is 0 Å². The van der Waals surface area contributed by atoms with Crippen LogP contribution in [0, 0.1) is 0 Å². The van der Waals surface area contributed by atoms with Gasteiger partial charge in [0.05, 0.1) is 12.7 Å². The molecule has 6 heteroatoms. The quantitative estimate of drug-likeness (QED) is 0.877. The Labute approximate surface area is 131 Å². The van der Waals surface area contributed by atoms with Gasteiger partial charge in [-0.05, 0) is 35.2 Å². The molecule has 0 bridgehead atoms. The van der Waals surface area contributed by atoms with Gasteiger partial charge in [-0.25, -0.2) is 0 Å². The van der Waals surface area contributed by atoms with Crippen molar-refractivity contribution in [3.8, 4) is 11.1 Å². The van der Waals surface area contributed by atoms with Crippen LogP contribution in [0.4, 0.5) is 13.2 Å². The minimum atomic E-state index is -4.34. The zero-order chi connectivity index (χ0) is 17.0. The van der Waals surface area contributed by atoms with Gasteiger partial charge < -0.3 is 10.5 Å². The topological polar surface area (TPSA) is 52.3 Å². The number of rotatable bonds is 4. The van der Waals surface area contributed by atoms with Gasteiger partial charge >= 0.3 is 12.1 Å². The third kappa shape index (κ3) is 4.32. The maximum Gasteiger partial charge on any atom is 0.416 e. The number of esters is 1. The largest absolute Gasteiger partial charge is 0.468 e. The fourth-order valence-electron chi connectivity index (χ4n) is 2.17. The van der Waals surface area contributed by atoms with Crippen LogP contribution in [0.15, 0.2) is 48.5 Å². The lowest BCUT2D eigenvalue weighted by Crippen LogP contribution is -2.33. The van der Waals surface area contributed by atoms with E-state index in [4.69, 9.17) is 5.73 Å². The molecule has 0 fully saturated rings. The number of methoxy groups -OCH3 is 1. The van der Waals surface area contributed by atoms with Gasteiger partial charge in [-0.15, -0.1) is 0 Å². The van der Waals surface area contributed by atoms with E-state index in [0.717, 1.165) is 23.3 Å². The number of ether oxygens (including phenoxy) is 1. The molecule has 2 aromatic rings. The Kier molecular flexibility index (Phi) is 5.05. The number of hydrogen-bond donors (Lipinski definition) is 1. The van der Waals surface area contributed by atoms with Crippen LogP contribution in [0.25, 0.3) is 11.1 Å². The van der Waals surface area contributed by atoms with Gasteiger partial charge in [-0.2, -0.15) is 13.2 Å². The highest BCUT2D eigenvalue weighted by Gasteiger charge is 2.29. The zero-order valence-corrected chi connectivity index (χ0v) is 12.4. The smallest absolute Gasteiger partial charge is 0.416 e. The number of nitrogens with two attached hydrogens (primary N) is 1. The second kappa shape index (κ2) is 6.83. The van der Waals surface area contributed by atoms with E-state index < -0.39 is 23.8 Å². The molecule has 0 aliphatic rings. The van der Waals surface area contributed by atoms with Crippen molar-refractivity contribution >= 4 is 5.97 Å². The van der Waals surface area contributed by atoms with Crippen LogP contribution in [-0.2, 0) is 22.1 Å². The van der Waals surface area contributed by atoms with Crippen LogP contribution in [0.5, 0.6) is 0 Å². The van der Waals surface area contributed by atoms with E-state index in [1.165, 1.54) is 19.2 Å². The molecule has 0 saturated carbocycles. The van der Waals surface area contributed by atoms with Crippen LogP contribution in [-0.4, -0.2) is 19.1 Å². The predicted octanol–water partition coefficient (Wildman–Crippen LogP) is 3.42. The molecule has 0 amide bonds. The highest BCUT2D eigenvalue weighted by atomic mass is 19.4. The molecule has 0 aliphatic heterocycles. The molecule has 2 aromatic carbocycles. The van der Waals surface area contributed by atoms with Gasteiger partial charge in [0.15, 0.2) is 0 Å². The van der Waals surface area contributed by atoms with E-state index in [0.29, 0.717) is 12.0 Å². The Balaban J connectivity index is 2.12. The summed E-state index contributed by atoms with van der Waals surface area (Å²) in [6.07, 6.45) is -4.01. The van der Waals surface area contributed by atoms with Crippen molar-refractivity contribution in [2.75, 3.05) is 7.11 Å². The van der Waals surface area contributed by atoms with E-state index in [-0.39, 0.29) is 0 Å². The molecule has 23 heavy (non-hydrogen) atoms. The van der Waals surface area contributed by atoms with Crippen molar-refractivity contribution in [2.24, 2.45) is 5.73 Å². The van der Waals surface area contributed by atoms with Crippen LogP contribution in [0.2, 0.25) is 0 Å². The summed E-state index contributed by atoms with van der Waals surface area (Å²) in [5.41, 5.74) is 7.32. The van der Waals surface area contributed by atoms with Gasteiger partial charge in [0, 0.05) is 0 Å². The summed E-state index contributed by atoms with van der Waals surface area (Å²) >= 11 is 0. The van der Waals surface area contributed by atoms with Crippen molar-refractivity contribution in [1.82, 2.24) is 0 Å². The standard InChI is InChI=1S/C17H16F3NO2/c1-23-16(22)15(21)10-11-2-4-12(5-3-11)13-6-8-14(9-7-13)17(18,19)20/h2-9,15H,10,21H2,1H3. The van der Waals surface area contributed by atoms with Crippen molar-refractivity contribution in [1.29, 1.82) is 0 Å². The molecule has 0 aliphatic carbocycles. The number of carbonyl (C=O) groups is 1. The molecule has 0 aromatic heterocycles. The number of carbonyl (C=O) groups excluding carboxylic acids is 1. The zero-order valence-electron chi connectivity index (χ0n) is 12.4. The SMILES string of the molecule is COC(=O)C(N)Cc1ccc(-c2ccc(C(F)(F)F)cc2)cc1. The third-order valence-electron chi connectivity index (χ3n) is 3.46. The summed E-state index contributed by atoms with van der Waals surface area (Å²) in [5.74, 6) is -0.489.